The molecule has 3 aromatic heterocycles. The molecule has 0 fully saturated rings. The van der Waals surface area contributed by atoms with Crippen LogP contribution in [-0.4, -0.2) is 19.9 Å². The van der Waals surface area contributed by atoms with E-state index in [1.807, 2.05) is 57.2 Å². The van der Waals surface area contributed by atoms with E-state index in [0.717, 1.165) is 50.8 Å². The minimum atomic E-state index is 0.719. The van der Waals surface area contributed by atoms with Crippen LogP contribution in [0, 0.1) is 20.8 Å². The highest BCUT2D eigenvalue weighted by Gasteiger charge is 2.20. The minimum absolute atomic E-state index is 0.719. The molecule has 7 heteroatoms. The molecule has 0 saturated carbocycles. The summed E-state index contributed by atoms with van der Waals surface area (Å²) in [5, 5.41) is 13.7. The Kier molecular flexibility index (Phi) is 4.38. The zero-order valence-electron chi connectivity index (χ0n) is 14.8. The number of hydrogen-bond acceptors (Lipinski definition) is 6. The van der Waals surface area contributed by atoms with E-state index in [4.69, 9.17) is 8.94 Å². The zero-order valence-corrected chi connectivity index (χ0v) is 15.6. The maximum atomic E-state index is 5.46. The first-order valence-electron chi connectivity index (χ1n) is 8.25. The lowest BCUT2D eigenvalue weighted by molar-refractivity contribution is 0.392. The van der Waals surface area contributed by atoms with E-state index in [9.17, 15) is 0 Å². The van der Waals surface area contributed by atoms with Gasteiger partial charge in [0.05, 0.1) is 17.5 Å². The molecule has 0 saturated heterocycles. The number of hydrogen-bond donors (Lipinski definition) is 0. The van der Waals surface area contributed by atoms with Gasteiger partial charge in [0, 0.05) is 17.0 Å². The van der Waals surface area contributed by atoms with E-state index >= 15 is 0 Å². The van der Waals surface area contributed by atoms with E-state index in [0.29, 0.717) is 0 Å². The van der Waals surface area contributed by atoms with Crippen molar-refractivity contribution in [2.24, 2.45) is 0 Å². The topological polar surface area (TPSA) is 69.9 Å². The molecule has 0 atom stereocenters. The zero-order chi connectivity index (χ0) is 18.1. The van der Waals surface area contributed by atoms with Crippen LogP contribution in [0.4, 0.5) is 0 Å². The lowest BCUT2D eigenvalue weighted by Gasteiger charge is -2.09. The van der Waals surface area contributed by atoms with Crippen molar-refractivity contribution in [3.63, 3.8) is 0 Å². The Morgan fingerprint density at radius 3 is 2.46 bits per heavy atom. The van der Waals surface area contributed by atoms with Crippen molar-refractivity contribution >= 4 is 11.8 Å². The van der Waals surface area contributed by atoms with E-state index in [2.05, 4.69) is 19.9 Å². The lowest BCUT2D eigenvalue weighted by Crippen LogP contribution is -2.00. The molecule has 0 aliphatic carbocycles. The SMILES string of the molecule is Cc1noc(C)c1CSc1nnc(-c2ccoc2C)n1-c1ccccc1. The predicted octanol–water partition coefficient (Wildman–Crippen LogP) is 4.73. The average Bonchev–Trinajstić information content (AvgIpc) is 3.34. The molecule has 3 heterocycles. The lowest BCUT2D eigenvalue weighted by atomic mass is 10.2. The quantitative estimate of drug-likeness (QED) is 0.476. The summed E-state index contributed by atoms with van der Waals surface area (Å²) < 4.78 is 12.8. The van der Waals surface area contributed by atoms with Crippen LogP contribution in [0.15, 0.2) is 56.8 Å². The second-order valence-corrected chi connectivity index (χ2v) is 6.90. The third-order valence-electron chi connectivity index (χ3n) is 4.27. The van der Waals surface area contributed by atoms with Crippen molar-refractivity contribution in [3.05, 3.63) is 65.4 Å². The third-order valence-corrected chi connectivity index (χ3v) is 5.23. The van der Waals surface area contributed by atoms with Gasteiger partial charge in [-0.15, -0.1) is 10.2 Å². The minimum Gasteiger partial charge on any atom is -0.469 e. The van der Waals surface area contributed by atoms with Crippen LogP contribution in [0.25, 0.3) is 17.1 Å². The van der Waals surface area contributed by atoms with Crippen molar-refractivity contribution in [2.45, 2.75) is 31.7 Å². The van der Waals surface area contributed by atoms with Crippen molar-refractivity contribution in [3.8, 4) is 17.1 Å². The largest absolute Gasteiger partial charge is 0.469 e. The predicted molar refractivity (Wildman–Crippen MR) is 99.3 cm³/mol. The van der Waals surface area contributed by atoms with E-state index in [-0.39, 0.29) is 0 Å². The Morgan fingerprint density at radius 2 is 1.81 bits per heavy atom. The first kappa shape index (κ1) is 16.7. The molecule has 26 heavy (non-hydrogen) atoms. The second-order valence-electron chi connectivity index (χ2n) is 5.96. The summed E-state index contributed by atoms with van der Waals surface area (Å²) in [5.74, 6) is 3.14. The van der Waals surface area contributed by atoms with Crippen LogP contribution in [0.1, 0.15) is 22.8 Å². The van der Waals surface area contributed by atoms with Crippen LogP contribution in [0.3, 0.4) is 0 Å². The van der Waals surface area contributed by atoms with E-state index in [1.165, 1.54) is 0 Å². The van der Waals surface area contributed by atoms with Crippen molar-refractivity contribution in [1.82, 2.24) is 19.9 Å². The molecule has 0 N–H and O–H groups in total. The Labute approximate surface area is 155 Å². The monoisotopic (exact) mass is 366 g/mol. The van der Waals surface area contributed by atoms with Gasteiger partial charge < -0.3 is 8.94 Å². The second kappa shape index (κ2) is 6.84. The number of aromatic nitrogens is 4. The Bertz CT molecular complexity index is 1010. The first-order valence-corrected chi connectivity index (χ1v) is 9.23. The molecule has 0 aliphatic rings. The van der Waals surface area contributed by atoms with Gasteiger partial charge in [0.1, 0.15) is 11.5 Å². The number of rotatable bonds is 5. The maximum Gasteiger partial charge on any atom is 0.196 e. The summed E-state index contributed by atoms with van der Waals surface area (Å²) in [5.41, 5.74) is 3.95. The van der Waals surface area contributed by atoms with Crippen molar-refractivity contribution in [1.29, 1.82) is 0 Å². The fourth-order valence-electron chi connectivity index (χ4n) is 2.81. The summed E-state index contributed by atoms with van der Waals surface area (Å²) in [6.07, 6.45) is 1.67. The van der Waals surface area contributed by atoms with Crippen LogP contribution in [0.2, 0.25) is 0 Å². The Morgan fingerprint density at radius 1 is 1.00 bits per heavy atom. The molecule has 0 bridgehead atoms. The van der Waals surface area contributed by atoms with E-state index < -0.39 is 0 Å². The number of para-hydroxylation sites is 1. The Balaban J connectivity index is 1.75. The van der Waals surface area contributed by atoms with Crippen LogP contribution < -0.4 is 0 Å². The first-order chi connectivity index (χ1) is 12.6. The smallest absolute Gasteiger partial charge is 0.196 e. The van der Waals surface area contributed by atoms with Crippen LogP contribution in [-0.2, 0) is 5.75 Å². The van der Waals surface area contributed by atoms with Gasteiger partial charge in [-0.05, 0) is 39.0 Å². The summed E-state index contributed by atoms with van der Waals surface area (Å²) in [6, 6.07) is 12.0. The molecule has 4 aromatic rings. The van der Waals surface area contributed by atoms with Gasteiger partial charge in [-0.2, -0.15) is 0 Å². The van der Waals surface area contributed by atoms with Crippen molar-refractivity contribution < 1.29 is 8.94 Å². The molecular formula is C19H18N4O2S. The Hall–Kier alpha value is -2.80. The fourth-order valence-corrected chi connectivity index (χ4v) is 3.91. The number of nitrogens with zero attached hydrogens (tertiary/aromatic N) is 4. The number of benzene rings is 1. The standard InChI is InChI=1S/C19H18N4O2S/c1-12-17(14(3)25-22-12)11-26-19-21-20-18(16-9-10-24-13(16)2)23(19)15-7-5-4-6-8-15/h4-10H,11H2,1-3H3. The van der Waals surface area contributed by atoms with Gasteiger partial charge in [-0.1, -0.05) is 35.1 Å². The van der Waals surface area contributed by atoms with Gasteiger partial charge in [-0.25, -0.2) is 0 Å². The number of aryl methyl sites for hydroxylation is 3. The molecule has 4 rings (SSSR count). The van der Waals surface area contributed by atoms with E-state index in [1.54, 1.807) is 18.0 Å². The van der Waals surface area contributed by atoms with Gasteiger partial charge in [0.15, 0.2) is 11.0 Å². The van der Waals surface area contributed by atoms with Gasteiger partial charge in [0.2, 0.25) is 0 Å². The highest BCUT2D eigenvalue weighted by atomic mass is 32.2. The summed E-state index contributed by atoms with van der Waals surface area (Å²) in [4.78, 5) is 0. The molecule has 0 spiro atoms. The normalized spacial score (nSPS) is 11.2. The molecule has 0 radical (unpaired) electrons. The number of thioether (sulfide) groups is 1. The summed E-state index contributed by atoms with van der Waals surface area (Å²) >= 11 is 1.61. The summed E-state index contributed by atoms with van der Waals surface area (Å²) in [6.45, 7) is 5.81. The molecule has 132 valence electrons. The molecule has 1 aromatic carbocycles. The molecule has 0 unspecified atom stereocenters. The van der Waals surface area contributed by atoms with Crippen LogP contribution >= 0.6 is 11.8 Å². The third kappa shape index (κ3) is 2.94. The fraction of sp³-hybridized carbons (Fsp3) is 0.211. The molecule has 6 nitrogen and oxygen atoms in total. The van der Waals surface area contributed by atoms with Crippen molar-refractivity contribution in [2.75, 3.05) is 0 Å². The van der Waals surface area contributed by atoms with Gasteiger partial charge >= 0.3 is 0 Å². The van der Waals surface area contributed by atoms with Gasteiger partial charge in [0.25, 0.3) is 0 Å². The van der Waals surface area contributed by atoms with Crippen LogP contribution in [0.5, 0.6) is 0 Å². The average molecular weight is 366 g/mol. The molecule has 0 amide bonds. The van der Waals surface area contributed by atoms with Gasteiger partial charge in [-0.3, -0.25) is 4.57 Å². The summed E-state index contributed by atoms with van der Waals surface area (Å²) in [7, 11) is 0. The highest BCUT2D eigenvalue weighted by Crippen LogP contribution is 2.32. The number of furan rings is 1. The highest BCUT2D eigenvalue weighted by molar-refractivity contribution is 7.98. The molecular weight excluding hydrogens is 348 g/mol. The molecule has 0 aliphatic heterocycles. The maximum absolute atomic E-state index is 5.46.